The highest BCUT2D eigenvalue weighted by Gasteiger charge is 2.42. The Bertz CT molecular complexity index is 241. The zero-order chi connectivity index (χ0) is 10.2. The Kier molecular flexibility index (Phi) is 4.01. The van der Waals surface area contributed by atoms with Crippen LogP contribution in [0.2, 0.25) is 0 Å². The first-order chi connectivity index (χ1) is 6.62. The van der Waals surface area contributed by atoms with Crippen molar-refractivity contribution in [1.82, 2.24) is 10.2 Å². The molecule has 1 amide bonds. The van der Waals surface area contributed by atoms with Crippen LogP contribution in [0.4, 0.5) is 0 Å². The van der Waals surface area contributed by atoms with E-state index in [9.17, 15) is 4.79 Å². The SMILES string of the molecule is CC1CN(C(=O)C2(C)CCC2)CCN1.Cl. The second kappa shape index (κ2) is 4.71. The fourth-order valence-electron chi connectivity index (χ4n) is 2.42. The molecule has 1 saturated heterocycles. The lowest BCUT2D eigenvalue weighted by molar-refractivity contribution is -0.147. The molecule has 1 N–H and O–H groups in total. The topological polar surface area (TPSA) is 32.3 Å². The summed E-state index contributed by atoms with van der Waals surface area (Å²) in [6.07, 6.45) is 3.40. The molecule has 1 aliphatic carbocycles. The van der Waals surface area contributed by atoms with Crippen molar-refractivity contribution in [2.24, 2.45) is 5.41 Å². The number of nitrogens with zero attached hydrogens (tertiary/aromatic N) is 1. The van der Waals surface area contributed by atoms with Crippen molar-refractivity contribution in [3.63, 3.8) is 0 Å². The van der Waals surface area contributed by atoms with Gasteiger partial charge in [-0.25, -0.2) is 0 Å². The number of amides is 1. The number of halogens is 1. The molecule has 0 bridgehead atoms. The highest BCUT2D eigenvalue weighted by Crippen LogP contribution is 2.41. The average molecular weight is 233 g/mol. The lowest BCUT2D eigenvalue weighted by Crippen LogP contribution is -2.56. The van der Waals surface area contributed by atoms with Crippen LogP contribution < -0.4 is 5.32 Å². The van der Waals surface area contributed by atoms with E-state index in [4.69, 9.17) is 0 Å². The van der Waals surface area contributed by atoms with Crippen molar-refractivity contribution in [3.8, 4) is 0 Å². The van der Waals surface area contributed by atoms with Crippen LogP contribution in [0.1, 0.15) is 33.1 Å². The fourth-order valence-corrected chi connectivity index (χ4v) is 2.42. The Labute approximate surface area is 98.0 Å². The standard InChI is InChI=1S/C11H20N2O.ClH/c1-9-8-13(7-6-12-9)10(14)11(2)4-3-5-11;/h9,12H,3-8H2,1-2H3;1H. The second-order valence-corrected chi connectivity index (χ2v) is 5.02. The summed E-state index contributed by atoms with van der Waals surface area (Å²) in [7, 11) is 0. The van der Waals surface area contributed by atoms with Gasteiger partial charge in [-0.05, 0) is 19.8 Å². The van der Waals surface area contributed by atoms with Gasteiger partial charge in [0, 0.05) is 31.1 Å². The summed E-state index contributed by atoms with van der Waals surface area (Å²) < 4.78 is 0. The summed E-state index contributed by atoms with van der Waals surface area (Å²) >= 11 is 0. The van der Waals surface area contributed by atoms with Crippen LogP contribution in [0, 0.1) is 5.41 Å². The van der Waals surface area contributed by atoms with Crippen molar-refractivity contribution < 1.29 is 4.79 Å². The maximum atomic E-state index is 12.1. The van der Waals surface area contributed by atoms with Crippen LogP contribution in [-0.2, 0) is 4.79 Å². The Balaban J connectivity index is 0.00000112. The highest BCUT2D eigenvalue weighted by atomic mass is 35.5. The van der Waals surface area contributed by atoms with Gasteiger partial charge in [0.2, 0.25) is 5.91 Å². The van der Waals surface area contributed by atoms with Crippen LogP contribution in [0.25, 0.3) is 0 Å². The van der Waals surface area contributed by atoms with Crippen molar-refractivity contribution in [2.75, 3.05) is 19.6 Å². The summed E-state index contributed by atoms with van der Waals surface area (Å²) in [6.45, 7) is 6.98. The molecular formula is C11H21ClN2O. The molecule has 0 spiro atoms. The summed E-state index contributed by atoms with van der Waals surface area (Å²) in [5, 5.41) is 3.36. The van der Waals surface area contributed by atoms with Gasteiger partial charge in [-0.2, -0.15) is 0 Å². The van der Waals surface area contributed by atoms with Gasteiger partial charge in [-0.1, -0.05) is 13.3 Å². The predicted octanol–water partition coefficient (Wildman–Crippen LogP) is 1.42. The molecule has 1 saturated carbocycles. The third-order valence-corrected chi connectivity index (χ3v) is 3.63. The molecule has 1 heterocycles. The molecule has 2 rings (SSSR count). The highest BCUT2D eigenvalue weighted by molar-refractivity contribution is 5.85. The molecule has 1 aliphatic heterocycles. The average Bonchev–Trinajstić information content (AvgIpc) is 2.13. The van der Waals surface area contributed by atoms with Gasteiger partial charge in [0.05, 0.1) is 0 Å². The zero-order valence-corrected chi connectivity index (χ0v) is 10.4. The minimum Gasteiger partial charge on any atom is -0.339 e. The van der Waals surface area contributed by atoms with E-state index in [0.717, 1.165) is 32.5 Å². The first-order valence-corrected chi connectivity index (χ1v) is 5.65. The van der Waals surface area contributed by atoms with Gasteiger partial charge in [-0.3, -0.25) is 4.79 Å². The second-order valence-electron chi connectivity index (χ2n) is 5.02. The maximum absolute atomic E-state index is 12.1. The minimum atomic E-state index is -0.0168. The summed E-state index contributed by atoms with van der Waals surface area (Å²) in [5.74, 6) is 0.386. The van der Waals surface area contributed by atoms with E-state index < -0.39 is 0 Å². The third kappa shape index (κ3) is 2.45. The van der Waals surface area contributed by atoms with Crippen molar-refractivity contribution >= 4 is 18.3 Å². The summed E-state index contributed by atoms with van der Waals surface area (Å²) in [5.41, 5.74) is -0.0168. The number of piperazine rings is 1. The lowest BCUT2D eigenvalue weighted by Gasteiger charge is -2.43. The number of hydrogen-bond acceptors (Lipinski definition) is 2. The van der Waals surface area contributed by atoms with Crippen molar-refractivity contribution in [2.45, 2.75) is 39.2 Å². The normalized spacial score (nSPS) is 28.9. The van der Waals surface area contributed by atoms with E-state index >= 15 is 0 Å². The Morgan fingerprint density at radius 1 is 1.47 bits per heavy atom. The molecule has 0 aromatic rings. The molecule has 2 aliphatic rings. The molecule has 0 radical (unpaired) electrons. The maximum Gasteiger partial charge on any atom is 0.228 e. The van der Waals surface area contributed by atoms with Crippen LogP contribution in [0.15, 0.2) is 0 Å². The molecule has 0 aromatic heterocycles. The van der Waals surface area contributed by atoms with E-state index in [1.54, 1.807) is 0 Å². The van der Waals surface area contributed by atoms with Gasteiger partial charge in [0.1, 0.15) is 0 Å². The van der Waals surface area contributed by atoms with Crippen LogP contribution in [-0.4, -0.2) is 36.5 Å². The number of nitrogens with one attached hydrogen (secondary N) is 1. The Hall–Kier alpha value is -0.280. The molecule has 1 atom stereocenters. The largest absolute Gasteiger partial charge is 0.339 e. The molecule has 4 heteroatoms. The molecule has 88 valence electrons. The number of rotatable bonds is 1. The number of carbonyl (C=O) groups is 1. The molecule has 3 nitrogen and oxygen atoms in total. The van der Waals surface area contributed by atoms with Crippen LogP contribution in [0.5, 0.6) is 0 Å². The predicted molar refractivity (Wildman–Crippen MR) is 63.3 cm³/mol. The first kappa shape index (κ1) is 12.8. The zero-order valence-electron chi connectivity index (χ0n) is 9.58. The molecule has 15 heavy (non-hydrogen) atoms. The first-order valence-electron chi connectivity index (χ1n) is 5.65. The smallest absolute Gasteiger partial charge is 0.228 e. The van der Waals surface area contributed by atoms with E-state index in [0.29, 0.717) is 11.9 Å². The van der Waals surface area contributed by atoms with Crippen molar-refractivity contribution in [1.29, 1.82) is 0 Å². The van der Waals surface area contributed by atoms with Crippen LogP contribution >= 0.6 is 12.4 Å². The van der Waals surface area contributed by atoms with Gasteiger partial charge in [-0.15, -0.1) is 12.4 Å². The summed E-state index contributed by atoms with van der Waals surface area (Å²) in [6, 6.07) is 0.455. The number of carbonyl (C=O) groups excluding carboxylic acids is 1. The van der Waals surface area contributed by atoms with E-state index in [1.165, 1.54) is 6.42 Å². The Morgan fingerprint density at radius 2 is 2.13 bits per heavy atom. The van der Waals surface area contributed by atoms with Gasteiger partial charge >= 0.3 is 0 Å². The Morgan fingerprint density at radius 3 is 2.60 bits per heavy atom. The molecule has 0 aromatic carbocycles. The molecule has 2 fully saturated rings. The van der Waals surface area contributed by atoms with Crippen molar-refractivity contribution in [3.05, 3.63) is 0 Å². The third-order valence-electron chi connectivity index (χ3n) is 3.63. The monoisotopic (exact) mass is 232 g/mol. The van der Waals surface area contributed by atoms with Gasteiger partial charge < -0.3 is 10.2 Å². The summed E-state index contributed by atoms with van der Waals surface area (Å²) in [4.78, 5) is 14.2. The van der Waals surface area contributed by atoms with E-state index in [2.05, 4.69) is 19.2 Å². The fraction of sp³-hybridized carbons (Fsp3) is 0.909. The number of hydrogen-bond donors (Lipinski definition) is 1. The van der Waals surface area contributed by atoms with E-state index in [1.807, 2.05) is 4.90 Å². The van der Waals surface area contributed by atoms with Gasteiger partial charge in [0.25, 0.3) is 0 Å². The van der Waals surface area contributed by atoms with E-state index in [-0.39, 0.29) is 17.8 Å². The lowest BCUT2D eigenvalue weighted by atomic mass is 9.69. The quantitative estimate of drug-likeness (QED) is 0.742. The molecular weight excluding hydrogens is 212 g/mol. The molecule has 1 unspecified atom stereocenters. The van der Waals surface area contributed by atoms with Gasteiger partial charge in [0.15, 0.2) is 0 Å². The minimum absolute atomic E-state index is 0. The van der Waals surface area contributed by atoms with Crippen LogP contribution in [0.3, 0.4) is 0 Å².